The summed E-state index contributed by atoms with van der Waals surface area (Å²) >= 11 is 0. The summed E-state index contributed by atoms with van der Waals surface area (Å²) in [4.78, 5) is 13.8. The van der Waals surface area contributed by atoms with Crippen LogP contribution in [0.1, 0.15) is 28.8 Å². The minimum Gasteiger partial charge on any atom is -0.339 e. The highest BCUT2D eigenvalue weighted by Crippen LogP contribution is 2.28. The van der Waals surface area contributed by atoms with Gasteiger partial charge in [-0.05, 0) is 37.5 Å². The van der Waals surface area contributed by atoms with Gasteiger partial charge in [-0.3, -0.25) is 4.79 Å². The summed E-state index contributed by atoms with van der Waals surface area (Å²) in [7, 11) is 3.25. The number of carbonyl (C=O) groups is 1. The average molecular weight is 288 g/mol. The summed E-state index contributed by atoms with van der Waals surface area (Å²) < 4.78 is 22.8. The van der Waals surface area contributed by atoms with Crippen LogP contribution in [-0.2, 0) is 9.05 Å². The van der Waals surface area contributed by atoms with Crippen LogP contribution in [0.2, 0.25) is 0 Å². The standard InChI is InChI=1S/C12H14ClNO3S/c1-8-3-4-9(7-11(8)18(13,16)17)12(15)14(2)10-5-6-10/h3-4,7,10H,5-6H2,1-2H3. The van der Waals surface area contributed by atoms with E-state index in [-0.39, 0.29) is 16.8 Å². The Labute approximate surface area is 111 Å². The third-order valence-corrected chi connectivity index (χ3v) is 4.58. The number of hydrogen-bond donors (Lipinski definition) is 0. The molecule has 98 valence electrons. The lowest BCUT2D eigenvalue weighted by Crippen LogP contribution is -2.28. The highest BCUT2D eigenvalue weighted by Gasteiger charge is 2.30. The zero-order valence-electron chi connectivity index (χ0n) is 10.2. The van der Waals surface area contributed by atoms with Gasteiger partial charge in [0.05, 0.1) is 4.90 Å². The quantitative estimate of drug-likeness (QED) is 0.801. The second-order valence-electron chi connectivity index (χ2n) is 4.57. The maximum Gasteiger partial charge on any atom is 0.261 e. The molecule has 0 atom stereocenters. The van der Waals surface area contributed by atoms with Gasteiger partial charge >= 0.3 is 0 Å². The first-order chi connectivity index (χ1) is 8.30. The Hall–Kier alpha value is -1.07. The second kappa shape index (κ2) is 4.55. The molecule has 0 spiro atoms. The van der Waals surface area contributed by atoms with Crippen LogP contribution in [0.25, 0.3) is 0 Å². The van der Waals surface area contributed by atoms with Crippen LogP contribution in [0.5, 0.6) is 0 Å². The first-order valence-corrected chi connectivity index (χ1v) is 7.94. The van der Waals surface area contributed by atoms with Crippen LogP contribution in [-0.4, -0.2) is 32.3 Å². The van der Waals surface area contributed by atoms with Crippen molar-refractivity contribution in [3.05, 3.63) is 29.3 Å². The Morgan fingerprint density at radius 3 is 2.50 bits per heavy atom. The molecule has 1 aromatic rings. The van der Waals surface area contributed by atoms with E-state index in [1.54, 1.807) is 31.0 Å². The van der Waals surface area contributed by atoms with E-state index in [4.69, 9.17) is 10.7 Å². The molecule has 0 aromatic heterocycles. The van der Waals surface area contributed by atoms with Gasteiger partial charge in [0.15, 0.2) is 0 Å². The van der Waals surface area contributed by atoms with E-state index >= 15 is 0 Å². The normalized spacial score (nSPS) is 15.5. The summed E-state index contributed by atoms with van der Waals surface area (Å²) in [6.45, 7) is 1.65. The third kappa shape index (κ3) is 2.67. The SMILES string of the molecule is Cc1ccc(C(=O)N(C)C2CC2)cc1S(=O)(=O)Cl. The van der Waals surface area contributed by atoms with Crippen molar-refractivity contribution in [1.29, 1.82) is 0 Å². The van der Waals surface area contributed by atoms with E-state index in [0.29, 0.717) is 11.1 Å². The molecule has 0 saturated heterocycles. The predicted octanol–water partition coefficient (Wildman–Crippen LogP) is 2.16. The molecule has 18 heavy (non-hydrogen) atoms. The predicted molar refractivity (Wildman–Crippen MR) is 69.3 cm³/mol. The number of benzene rings is 1. The number of halogens is 1. The second-order valence-corrected chi connectivity index (χ2v) is 7.10. The highest BCUT2D eigenvalue weighted by atomic mass is 35.7. The molecule has 1 amide bonds. The van der Waals surface area contributed by atoms with Crippen molar-refractivity contribution in [2.24, 2.45) is 0 Å². The van der Waals surface area contributed by atoms with E-state index in [9.17, 15) is 13.2 Å². The molecule has 1 aliphatic rings. The molecule has 4 nitrogen and oxygen atoms in total. The Morgan fingerprint density at radius 1 is 1.39 bits per heavy atom. The molecule has 0 heterocycles. The van der Waals surface area contributed by atoms with E-state index in [0.717, 1.165) is 12.8 Å². The minimum absolute atomic E-state index is 0.000728. The summed E-state index contributed by atoms with van der Waals surface area (Å²) in [5.74, 6) is -0.168. The van der Waals surface area contributed by atoms with Crippen molar-refractivity contribution in [1.82, 2.24) is 4.90 Å². The van der Waals surface area contributed by atoms with Crippen LogP contribution < -0.4 is 0 Å². The van der Waals surface area contributed by atoms with Crippen LogP contribution in [0.15, 0.2) is 23.1 Å². The van der Waals surface area contributed by atoms with Gasteiger partial charge in [0.2, 0.25) is 0 Å². The lowest BCUT2D eigenvalue weighted by molar-refractivity contribution is 0.0785. The average Bonchev–Trinajstić information content (AvgIpc) is 3.10. The molecule has 0 radical (unpaired) electrons. The van der Waals surface area contributed by atoms with Gasteiger partial charge in [-0.2, -0.15) is 0 Å². The van der Waals surface area contributed by atoms with Gasteiger partial charge in [0.1, 0.15) is 0 Å². The molecule has 0 N–H and O–H groups in total. The molecule has 0 aliphatic heterocycles. The fraction of sp³-hybridized carbons (Fsp3) is 0.417. The maximum atomic E-state index is 12.1. The van der Waals surface area contributed by atoms with Gasteiger partial charge in [-0.15, -0.1) is 0 Å². The molecule has 1 aromatic carbocycles. The number of rotatable bonds is 3. The summed E-state index contributed by atoms with van der Waals surface area (Å²) in [6.07, 6.45) is 2.02. The van der Waals surface area contributed by atoms with E-state index in [2.05, 4.69) is 0 Å². The summed E-state index contributed by atoms with van der Waals surface area (Å²) in [5, 5.41) is 0. The molecular formula is C12H14ClNO3S. The first kappa shape index (κ1) is 13.4. The van der Waals surface area contributed by atoms with Gasteiger partial charge in [0, 0.05) is 29.3 Å². The van der Waals surface area contributed by atoms with Crippen LogP contribution >= 0.6 is 10.7 Å². The molecule has 0 bridgehead atoms. The van der Waals surface area contributed by atoms with Gasteiger partial charge in [0.25, 0.3) is 15.0 Å². The topological polar surface area (TPSA) is 54.5 Å². The number of amides is 1. The third-order valence-electron chi connectivity index (χ3n) is 3.11. The lowest BCUT2D eigenvalue weighted by atomic mass is 10.1. The fourth-order valence-corrected chi connectivity index (χ4v) is 3.05. The monoisotopic (exact) mass is 287 g/mol. The molecule has 1 fully saturated rings. The van der Waals surface area contributed by atoms with Crippen molar-refractivity contribution in [3.63, 3.8) is 0 Å². The minimum atomic E-state index is -3.82. The van der Waals surface area contributed by atoms with Crippen molar-refractivity contribution in [3.8, 4) is 0 Å². The van der Waals surface area contributed by atoms with Crippen molar-refractivity contribution < 1.29 is 13.2 Å². The molecule has 6 heteroatoms. The molecule has 0 unspecified atom stereocenters. The van der Waals surface area contributed by atoms with E-state index in [1.165, 1.54) is 6.07 Å². The number of hydrogen-bond acceptors (Lipinski definition) is 3. The van der Waals surface area contributed by atoms with Crippen LogP contribution in [0, 0.1) is 6.92 Å². The van der Waals surface area contributed by atoms with E-state index < -0.39 is 9.05 Å². The molecule has 2 rings (SSSR count). The summed E-state index contributed by atoms with van der Waals surface area (Å²) in [5.41, 5.74) is 0.893. The van der Waals surface area contributed by atoms with Crippen molar-refractivity contribution in [2.45, 2.75) is 30.7 Å². The Balaban J connectivity index is 2.38. The van der Waals surface area contributed by atoms with Gasteiger partial charge < -0.3 is 4.90 Å². The number of nitrogens with zero attached hydrogens (tertiary/aromatic N) is 1. The first-order valence-electron chi connectivity index (χ1n) is 5.63. The zero-order valence-corrected chi connectivity index (χ0v) is 11.8. The Kier molecular flexibility index (Phi) is 3.38. The summed E-state index contributed by atoms with van der Waals surface area (Å²) in [6, 6.07) is 4.86. The van der Waals surface area contributed by atoms with Crippen molar-refractivity contribution >= 4 is 25.6 Å². The molecular weight excluding hydrogens is 274 g/mol. The van der Waals surface area contributed by atoms with E-state index in [1.807, 2.05) is 0 Å². The maximum absolute atomic E-state index is 12.1. The Morgan fingerprint density at radius 2 is 2.00 bits per heavy atom. The largest absolute Gasteiger partial charge is 0.339 e. The van der Waals surface area contributed by atoms with Crippen LogP contribution in [0.4, 0.5) is 0 Å². The highest BCUT2D eigenvalue weighted by molar-refractivity contribution is 8.13. The Bertz CT molecular complexity index is 593. The number of aryl methyl sites for hydroxylation is 1. The van der Waals surface area contributed by atoms with Gasteiger partial charge in [-0.1, -0.05) is 6.07 Å². The fourth-order valence-electron chi connectivity index (χ4n) is 1.83. The smallest absolute Gasteiger partial charge is 0.261 e. The van der Waals surface area contributed by atoms with Gasteiger partial charge in [-0.25, -0.2) is 8.42 Å². The molecule has 1 saturated carbocycles. The number of carbonyl (C=O) groups excluding carboxylic acids is 1. The molecule has 1 aliphatic carbocycles. The lowest BCUT2D eigenvalue weighted by Gasteiger charge is -2.16. The zero-order chi connectivity index (χ0) is 13.5. The van der Waals surface area contributed by atoms with Crippen molar-refractivity contribution in [2.75, 3.05) is 7.05 Å². The van der Waals surface area contributed by atoms with Crippen LogP contribution in [0.3, 0.4) is 0 Å².